The summed E-state index contributed by atoms with van der Waals surface area (Å²) in [4.78, 5) is 29.0. The molecule has 1 aromatic carbocycles. The van der Waals surface area contributed by atoms with Crippen molar-refractivity contribution in [2.45, 2.75) is 38.6 Å². The second kappa shape index (κ2) is 9.03. The Morgan fingerprint density at radius 3 is 2.59 bits per heavy atom. The lowest BCUT2D eigenvalue weighted by Gasteiger charge is -2.33. The van der Waals surface area contributed by atoms with Gasteiger partial charge < -0.3 is 19.1 Å². The molecule has 3 heterocycles. The molecule has 2 fully saturated rings. The molecular formula is C22H30N2O5. The molecule has 7 nitrogen and oxygen atoms in total. The zero-order chi connectivity index (χ0) is 20.2. The highest BCUT2D eigenvalue weighted by molar-refractivity contribution is 5.79. The Labute approximate surface area is 171 Å². The van der Waals surface area contributed by atoms with Crippen LogP contribution in [0, 0.1) is 5.92 Å². The molecule has 7 heteroatoms. The van der Waals surface area contributed by atoms with E-state index in [1.807, 2.05) is 17.9 Å². The number of esters is 1. The zero-order valence-corrected chi connectivity index (χ0v) is 17.1. The maximum absolute atomic E-state index is 12.9. The molecule has 0 radical (unpaired) electrons. The molecule has 2 saturated heterocycles. The molecular weight excluding hydrogens is 372 g/mol. The van der Waals surface area contributed by atoms with Crippen molar-refractivity contribution in [3.05, 3.63) is 23.8 Å². The van der Waals surface area contributed by atoms with Gasteiger partial charge in [-0.05, 0) is 56.8 Å². The standard InChI is InChI=1S/C22H30N2O5/c1-2-27-22(26)16-7-10-23(11-8-16)21(25)15-24-9-3-4-18(24)17-5-6-19-20(14-17)29-13-12-28-19/h5-6,14,16,18H,2-4,7-13,15H2,1H3. The number of fused-ring (bicyclic) bond motifs is 1. The van der Waals surface area contributed by atoms with Gasteiger partial charge in [0, 0.05) is 19.1 Å². The van der Waals surface area contributed by atoms with Crippen LogP contribution in [0.4, 0.5) is 0 Å². The Hall–Kier alpha value is -2.28. The Morgan fingerprint density at radius 1 is 1.07 bits per heavy atom. The van der Waals surface area contributed by atoms with Crippen LogP contribution >= 0.6 is 0 Å². The Kier molecular flexibility index (Phi) is 6.23. The van der Waals surface area contributed by atoms with E-state index in [9.17, 15) is 9.59 Å². The van der Waals surface area contributed by atoms with Crippen molar-refractivity contribution in [1.29, 1.82) is 0 Å². The number of carbonyl (C=O) groups excluding carboxylic acids is 2. The number of piperidine rings is 1. The molecule has 0 N–H and O–H groups in total. The molecule has 0 spiro atoms. The molecule has 3 aliphatic heterocycles. The number of amides is 1. The normalized spacial score (nSPS) is 22.5. The molecule has 3 aliphatic rings. The number of ether oxygens (including phenoxy) is 3. The molecule has 0 aromatic heterocycles. The Morgan fingerprint density at radius 2 is 1.83 bits per heavy atom. The Balaban J connectivity index is 1.34. The molecule has 1 atom stereocenters. The zero-order valence-electron chi connectivity index (χ0n) is 17.1. The number of carbonyl (C=O) groups is 2. The predicted molar refractivity (Wildman–Crippen MR) is 107 cm³/mol. The summed E-state index contributed by atoms with van der Waals surface area (Å²) in [6, 6.07) is 6.35. The van der Waals surface area contributed by atoms with Crippen LogP contribution in [0.3, 0.4) is 0 Å². The van der Waals surface area contributed by atoms with Crippen LogP contribution in [0.25, 0.3) is 0 Å². The molecule has 0 bridgehead atoms. The van der Waals surface area contributed by atoms with E-state index in [0.717, 1.165) is 30.9 Å². The van der Waals surface area contributed by atoms with Gasteiger partial charge in [0.05, 0.1) is 19.1 Å². The summed E-state index contributed by atoms with van der Waals surface area (Å²) < 4.78 is 16.5. The predicted octanol–water partition coefficient (Wildman–Crippen LogP) is 2.40. The summed E-state index contributed by atoms with van der Waals surface area (Å²) in [5, 5.41) is 0. The van der Waals surface area contributed by atoms with Crippen molar-refractivity contribution >= 4 is 11.9 Å². The number of likely N-dealkylation sites (tertiary alicyclic amines) is 2. The van der Waals surface area contributed by atoms with Gasteiger partial charge in [0.2, 0.25) is 5.91 Å². The van der Waals surface area contributed by atoms with E-state index in [0.29, 0.717) is 52.3 Å². The summed E-state index contributed by atoms with van der Waals surface area (Å²) in [6.07, 6.45) is 3.50. The van der Waals surface area contributed by atoms with Crippen molar-refractivity contribution in [3.8, 4) is 11.5 Å². The van der Waals surface area contributed by atoms with E-state index in [2.05, 4.69) is 17.0 Å². The van der Waals surface area contributed by atoms with E-state index < -0.39 is 0 Å². The molecule has 1 aromatic rings. The SMILES string of the molecule is CCOC(=O)C1CCN(C(=O)CN2CCCC2c2ccc3c(c2)OCCO3)CC1. The first kappa shape index (κ1) is 20.0. The number of rotatable bonds is 5. The highest BCUT2D eigenvalue weighted by Gasteiger charge is 2.32. The van der Waals surface area contributed by atoms with Gasteiger partial charge >= 0.3 is 5.97 Å². The van der Waals surface area contributed by atoms with E-state index in [1.165, 1.54) is 5.56 Å². The van der Waals surface area contributed by atoms with E-state index in [4.69, 9.17) is 14.2 Å². The Bertz CT molecular complexity index is 745. The minimum absolute atomic E-state index is 0.0729. The molecule has 29 heavy (non-hydrogen) atoms. The molecule has 1 amide bonds. The van der Waals surface area contributed by atoms with Crippen LogP contribution in [0.5, 0.6) is 11.5 Å². The maximum Gasteiger partial charge on any atom is 0.309 e. The molecule has 0 saturated carbocycles. The molecule has 158 valence electrons. The number of hydrogen-bond acceptors (Lipinski definition) is 6. The van der Waals surface area contributed by atoms with Gasteiger partial charge in [-0.2, -0.15) is 0 Å². The maximum atomic E-state index is 12.9. The first-order valence-electron chi connectivity index (χ1n) is 10.7. The van der Waals surface area contributed by atoms with E-state index in [-0.39, 0.29) is 23.8 Å². The van der Waals surface area contributed by atoms with Crippen LogP contribution in [0.2, 0.25) is 0 Å². The van der Waals surface area contributed by atoms with Gasteiger partial charge in [-0.1, -0.05) is 6.07 Å². The third-order valence-corrected chi connectivity index (χ3v) is 6.12. The van der Waals surface area contributed by atoms with Crippen molar-refractivity contribution in [2.75, 3.05) is 46.0 Å². The quantitative estimate of drug-likeness (QED) is 0.705. The van der Waals surface area contributed by atoms with Crippen LogP contribution in [0.1, 0.15) is 44.2 Å². The van der Waals surface area contributed by atoms with Crippen LogP contribution in [-0.4, -0.2) is 67.7 Å². The topological polar surface area (TPSA) is 68.3 Å². The number of benzene rings is 1. The molecule has 4 rings (SSSR count). The average molecular weight is 402 g/mol. The average Bonchev–Trinajstić information content (AvgIpc) is 3.21. The first-order valence-corrected chi connectivity index (χ1v) is 10.7. The van der Waals surface area contributed by atoms with Gasteiger partial charge in [0.15, 0.2) is 11.5 Å². The summed E-state index contributed by atoms with van der Waals surface area (Å²) >= 11 is 0. The minimum atomic E-state index is -0.127. The number of hydrogen-bond donors (Lipinski definition) is 0. The summed E-state index contributed by atoms with van der Waals surface area (Å²) in [6.45, 7) is 6.00. The fraction of sp³-hybridized carbons (Fsp3) is 0.636. The monoisotopic (exact) mass is 402 g/mol. The smallest absolute Gasteiger partial charge is 0.309 e. The van der Waals surface area contributed by atoms with Crippen molar-refractivity contribution < 1.29 is 23.8 Å². The summed E-state index contributed by atoms with van der Waals surface area (Å²) in [7, 11) is 0. The third-order valence-electron chi connectivity index (χ3n) is 6.12. The minimum Gasteiger partial charge on any atom is -0.486 e. The van der Waals surface area contributed by atoms with Gasteiger partial charge in [-0.3, -0.25) is 14.5 Å². The first-order chi connectivity index (χ1) is 14.2. The van der Waals surface area contributed by atoms with Crippen LogP contribution < -0.4 is 9.47 Å². The summed E-state index contributed by atoms with van der Waals surface area (Å²) in [5.74, 6) is 1.55. The largest absolute Gasteiger partial charge is 0.486 e. The van der Waals surface area contributed by atoms with Gasteiger partial charge in [0.1, 0.15) is 13.2 Å². The second-order valence-corrected chi connectivity index (χ2v) is 7.94. The van der Waals surface area contributed by atoms with Gasteiger partial charge in [-0.25, -0.2) is 0 Å². The summed E-state index contributed by atoms with van der Waals surface area (Å²) in [5.41, 5.74) is 1.18. The van der Waals surface area contributed by atoms with Crippen LogP contribution in [0.15, 0.2) is 18.2 Å². The number of nitrogens with zero attached hydrogens (tertiary/aromatic N) is 2. The second-order valence-electron chi connectivity index (χ2n) is 7.94. The van der Waals surface area contributed by atoms with Crippen molar-refractivity contribution in [1.82, 2.24) is 9.80 Å². The van der Waals surface area contributed by atoms with E-state index in [1.54, 1.807) is 0 Å². The van der Waals surface area contributed by atoms with Gasteiger partial charge in [-0.15, -0.1) is 0 Å². The van der Waals surface area contributed by atoms with Gasteiger partial charge in [0.25, 0.3) is 0 Å². The fourth-order valence-corrected chi connectivity index (χ4v) is 4.56. The lowest BCUT2D eigenvalue weighted by molar-refractivity contribution is -0.151. The van der Waals surface area contributed by atoms with Crippen molar-refractivity contribution in [2.24, 2.45) is 5.92 Å². The molecule has 0 aliphatic carbocycles. The highest BCUT2D eigenvalue weighted by atomic mass is 16.6. The van der Waals surface area contributed by atoms with Crippen LogP contribution in [-0.2, 0) is 14.3 Å². The third kappa shape index (κ3) is 4.50. The lowest BCUT2D eigenvalue weighted by atomic mass is 9.97. The van der Waals surface area contributed by atoms with Crippen molar-refractivity contribution in [3.63, 3.8) is 0 Å². The van der Waals surface area contributed by atoms with E-state index >= 15 is 0 Å². The molecule has 1 unspecified atom stereocenters. The lowest BCUT2D eigenvalue weighted by Crippen LogP contribution is -2.45. The fourth-order valence-electron chi connectivity index (χ4n) is 4.56. The highest BCUT2D eigenvalue weighted by Crippen LogP contribution is 2.38.